The molecule has 3 aliphatic carbocycles. The second-order valence-electron chi connectivity index (χ2n) is 6.59. The smallest absolute Gasteiger partial charge is 0.318 e. The third-order valence-corrected chi connectivity index (χ3v) is 5.00. The van der Waals surface area contributed by atoms with Gasteiger partial charge in [0.05, 0.1) is 24.7 Å². The summed E-state index contributed by atoms with van der Waals surface area (Å²) in [6.45, 7) is 6.30. The summed E-state index contributed by atoms with van der Waals surface area (Å²) < 4.78 is 10.3. The van der Waals surface area contributed by atoms with Crippen molar-refractivity contribution in [3.8, 4) is 0 Å². The molecule has 1 heterocycles. The van der Waals surface area contributed by atoms with E-state index in [1.807, 2.05) is 13.0 Å². The molecule has 0 N–H and O–H groups in total. The lowest BCUT2D eigenvalue weighted by Crippen LogP contribution is -2.55. The molecular formula is C14H18O4. The Balaban J connectivity index is 2.19. The zero-order chi connectivity index (χ0) is 13.3. The number of allylic oxidation sites excluding steroid dienone is 2. The number of hydrogen-bond donors (Lipinski definition) is 0. The lowest BCUT2D eigenvalue weighted by molar-refractivity contribution is -0.154. The first kappa shape index (κ1) is 11.8. The van der Waals surface area contributed by atoms with E-state index < -0.39 is 5.41 Å². The number of fused-ring (bicyclic) bond motifs is 1. The van der Waals surface area contributed by atoms with E-state index in [0.29, 0.717) is 0 Å². The van der Waals surface area contributed by atoms with Gasteiger partial charge in [-0.2, -0.15) is 0 Å². The molecule has 0 spiro atoms. The van der Waals surface area contributed by atoms with Crippen LogP contribution in [0.1, 0.15) is 27.2 Å². The van der Waals surface area contributed by atoms with Crippen LogP contribution in [0.25, 0.3) is 0 Å². The molecule has 0 unspecified atom stereocenters. The summed E-state index contributed by atoms with van der Waals surface area (Å²) >= 11 is 0. The highest BCUT2D eigenvalue weighted by Gasteiger charge is 2.67. The Hall–Kier alpha value is -1.32. The number of hydrogen-bond acceptors (Lipinski definition) is 4. The Bertz CT molecular complexity index is 476. The van der Waals surface area contributed by atoms with Crippen molar-refractivity contribution in [2.45, 2.75) is 27.2 Å². The monoisotopic (exact) mass is 250 g/mol. The van der Waals surface area contributed by atoms with E-state index in [1.54, 1.807) is 7.11 Å². The number of cyclic esters (lactones) is 2. The minimum Gasteiger partial charge on any atom is -0.501 e. The van der Waals surface area contributed by atoms with Crippen LogP contribution in [0.4, 0.5) is 0 Å². The van der Waals surface area contributed by atoms with Crippen molar-refractivity contribution in [2.24, 2.45) is 28.6 Å². The largest absolute Gasteiger partial charge is 0.501 e. The third-order valence-electron chi connectivity index (χ3n) is 5.00. The molecule has 1 saturated carbocycles. The van der Waals surface area contributed by atoms with E-state index in [9.17, 15) is 9.59 Å². The van der Waals surface area contributed by atoms with Gasteiger partial charge in [0.15, 0.2) is 0 Å². The maximum Gasteiger partial charge on any atom is 0.318 e. The average Bonchev–Trinajstić information content (AvgIpc) is 2.54. The van der Waals surface area contributed by atoms with Crippen molar-refractivity contribution in [2.75, 3.05) is 7.11 Å². The van der Waals surface area contributed by atoms with Gasteiger partial charge in [0.25, 0.3) is 0 Å². The molecule has 2 fully saturated rings. The van der Waals surface area contributed by atoms with Gasteiger partial charge in [0.1, 0.15) is 0 Å². The number of esters is 2. The molecule has 4 heteroatoms. The van der Waals surface area contributed by atoms with Gasteiger partial charge in [-0.15, -0.1) is 0 Å². The highest BCUT2D eigenvalue weighted by atomic mass is 16.6. The summed E-state index contributed by atoms with van der Waals surface area (Å²) in [4.78, 5) is 23.9. The quantitative estimate of drug-likeness (QED) is 0.527. The highest BCUT2D eigenvalue weighted by molar-refractivity contribution is 5.98. The van der Waals surface area contributed by atoms with E-state index in [1.165, 1.54) is 0 Å². The van der Waals surface area contributed by atoms with E-state index in [2.05, 4.69) is 13.8 Å². The van der Waals surface area contributed by atoms with Gasteiger partial charge in [-0.3, -0.25) is 9.59 Å². The molecule has 4 atom stereocenters. The summed E-state index contributed by atoms with van der Waals surface area (Å²) in [5.41, 5.74) is -0.428. The molecule has 0 aromatic heterocycles. The predicted octanol–water partition coefficient (Wildman–Crippen LogP) is 1.90. The fourth-order valence-electron chi connectivity index (χ4n) is 4.41. The fourth-order valence-corrected chi connectivity index (χ4v) is 4.41. The van der Waals surface area contributed by atoms with E-state index in [0.717, 1.165) is 12.2 Å². The van der Waals surface area contributed by atoms with Gasteiger partial charge in [-0.25, -0.2) is 0 Å². The van der Waals surface area contributed by atoms with Gasteiger partial charge in [0.2, 0.25) is 0 Å². The SMILES string of the molecule is COC1=C[C@@H]2[C@@H]3C(=O)OC(=O)[C@@H]3[C@@]1(C)CC2(C)C. The lowest BCUT2D eigenvalue weighted by atomic mass is 9.46. The molecule has 1 aliphatic heterocycles. The van der Waals surface area contributed by atoms with Crippen molar-refractivity contribution in [3.05, 3.63) is 11.8 Å². The minimum absolute atomic E-state index is 0.0123. The summed E-state index contributed by atoms with van der Waals surface area (Å²) in [6.07, 6.45) is 2.87. The minimum atomic E-state index is -0.416. The molecule has 1 saturated heterocycles. The Morgan fingerprint density at radius 3 is 2.56 bits per heavy atom. The Morgan fingerprint density at radius 1 is 1.28 bits per heavy atom. The summed E-state index contributed by atoms with van der Waals surface area (Å²) in [6, 6.07) is 0. The summed E-state index contributed by atoms with van der Waals surface area (Å²) in [7, 11) is 1.63. The van der Waals surface area contributed by atoms with Gasteiger partial charge < -0.3 is 9.47 Å². The second-order valence-corrected chi connectivity index (χ2v) is 6.59. The Labute approximate surface area is 106 Å². The molecule has 98 valence electrons. The molecule has 18 heavy (non-hydrogen) atoms. The van der Waals surface area contributed by atoms with Crippen LogP contribution in [0.2, 0.25) is 0 Å². The summed E-state index contributed by atoms with van der Waals surface area (Å²) in [5.74, 6) is -0.581. The molecule has 2 bridgehead atoms. The van der Waals surface area contributed by atoms with E-state index in [4.69, 9.17) is 9.47 Å². The Morgan fingerprint density at radius 2 is 1.94 bits per heavy atom. The molecule has 0 aromatic carbocycles. The van der Waals surface area contributed by atoms with Crippen LogP contribution in [-0.2, 0) is 19.1 Å². The van der Waals surface area contributed by atoms with Crippen molar-refractivity contribution in [3.63, 3.8) is 0 Å². The average molecular weight is 250 g/mol. The maximum absolute atomic E-state index is 12.0. The second kappa shape index (κ2) is 3.16. The molecule has 0 amide bonds. The van der Waals surface area contributed by atoms with E-state index in [-0.39, 0.29) is 35.1 Å². The number of rotatable bonds is 1. The molecule has 4 rings (SSSR count). The third kappa shape index (κ3) is 1.16. The topological polar surface area (TPSA) is 52.6 Å². The van der Waals surface area contributed by atoms with Crippen LogP contribution < -0.4 is 0 Å². The van der Waals surface area contributed by atoms with Gasteiger partial charge >= 0.3 is 11.9 Å². The maximum atomic E-state index is 12.0. The van der Waals surface area contributed by atoms with Gasteiger partial charge in [0, 0.05) is 5.41 Å². The predicted molar refractivity (Wildman–Crippen MR) is 63.2 cm³/mol. The number of methoxy groups -OCH3 is 1. The van der Waals surface area contributed by atoms with Crippen LogP contribution in [0, 0.1) is 28.6 Å². The normalized spacial score (nSPS) is 44.4. The first-order valence-corrected chi connectivity index (χ1v) is 6.33. The number of carbonyl (C=O) groups is 2. The summed E-state index contributed by atoms with van der Waals surface area (Å²) in [5, 5.41) is 0. The van der Waals surface area contributed by atoms with Crippen molar-refractivity contribution in [1.29, 1.82) is 0 Å². The van der Waals surface area contributed by atoms with Crippen LogP contribution in [0.3, 0.4) is 0 Å². The first-order chi connectivity index (χ1) is 8.31. The van der Waals surface area contributed by atoms with Crippen LogP contribution in [-0.4, -0.2) is 19.0 Å². The van der Waals surface area contributed by atoms with Crippen molar-refractivity contribution >= 4 is 11.9 Å². The highest BCUT2D eigenvalue weighted by Crippen LogP contribution is 2.64. The number of carbonyl (C=O) groups excluding carboxylic acids is 2. The molecule has 4 nitrogen and oxygen atoms in total. The van der Waals surface area contributed by atoms with Crippen molar-refractivity contribution < 1.29 is 19.1 Å². The fraction of sp³-hybridized carbons (Fsp3) is 0.714. The van der Waals surface area contributed by atoms with Crippen LogP contribution in [0.5, 0.6) is 0 Å². The molecule has 0 aromatic rings. The lowest BCUT2D eigenvalue weighted by Gasteiger charge is -2.55. The van der Waals surface area contributed by atoms with Crippen molar-refractivity contribution in [1.82, 2.24) is 0 Å². The Kier molecular flexibility index (Phi) is 2.07. The zero-order valence-corrected chi connectivity index (χ0v) is 11.1. The first-order valence-electron chi connectivity index (χ1n) is 6.33. The standard InChI is InChI=1S/C14H18O4/c1-13(2)6-14(3)8(17-4)5-7(13)9-10(14)12(16)18-11(9)15/h5,7,9-10H,6H2,1-4H3/t7-,9+,10-,14+/m1/s1. The van der Waals surface area contributed by atoms with Gasteiger partial charge in [-0.1, -0.05) is 20.8 Å². The van der Waals surface area contributed by atoms with Gasteiger partial charge in [-0.05, 0) is 23.8 Å². The van der Waals surface area contributed by atoms with Crippen LogP contribution in [0.15, 0.2) is 11.8 Å². The number of ether oxygens (including phenoxy) is 2. The molecule has 4 aliphatic rings. The van der Waals surface area contributed by atoms with E-state index >= 15 is 0 Å². The molecular weight excluding hydrogens is 232 g/mol. The zero-order valence-electron chi connectivity index (χ0n) is 11.1. The molecule has 0 radical (unpaired) electrons. The van der Waals surface area contributed by atoms with Crippen LogP contribution >= 0.6 is 0 Å².